The van der Waals surface area contributed by atoms with Gasteiger partial charge in [0.2, 0.25) is 0 Å². The first-order valence-electron chi connectivity index (χ1n) is 7.90. The van der Waals surface area contributed by atoms with Crippen molar-refractivity contribution in [2.24, 2.45) is 5.92 Å². The van der Waals surface area contributed by atoms with Crippen molar-refractivity contribution in [3.8, 4) is 0 Å². The van der Waals surface area contributed by atoms with Crippen LogP contribution in [0.4, 0.5) is 0 Å². The van der Waals surface area contributed by atoms with Gasteiger partial charge in [0.25, 0.3) is 5.91 Å². The highest BCUT2D eigenvalue weighted by molar-refractivity contribution is 5.83. The maximum absolute atomic E-state index is 12.6. The summed E-state index contributed by atoms with van der Waals surface area (Å²) in [6.45, 7) is 0.732. The third-order valence-electron chi connectivity index (χ3n) is 4.70. The molecule has 1 aromatic carbocycles. The number of carbonyl (C=O) groups is 1. The van der Waals surface area contributed by atoms with Crippen molar-refractivity contribution in [2.75, 3.05) is 13.2 Å². The lowest BCUT2D eigenvalue weighted by Crippen LogP contribution is -2.46. The number of carbonyl (C=O) groups excluding carboxylic acids is 1. The van der Waals surface area contributed by atoms with Crippen LogP contribution in [0.5, 0.6) is 0 Å². The Balaban J connectivity index is 1.71. The third kappa shape index (κ3) is 3.11. The van der Waals surface area contributed by atoms with Crippen LogP contribution in [0.25, 0.3) is 0 Å². The molecule has 114 valence electrons. The fourth-order valence-corrected chi connectivity index (χ4v) is 3.49. The van der Waals surface area contributed by atoms with Crippen molar-refractivity contribution in [3.63, 3.8) is 0 Å². The molecule has 0 bridgehead atoms. The summed E-state index contributed by atoms with van der Waals surface area (Å²) in [5, 5.41) is 12.6. The average molecular weight is 289 g/mol. The highest BCUT2D eigenvalue weighted by atomic mass is 16.5. The molecule has 4 heteroatoms. The smallest absolute Gasteiger partial charge is 0.254 e. The molecule has 2 N–H and O–H groups in total. The molecule has 3 unspecified atom stereocenters. The molecule has 1 amide bonds. The summed E-state index contributed by atoms with van der Waals surface area (Å²) in [6, 6.07) is 8.07. The van der Waals surface area contributed by atoms with Gasteiger partial charge in [-0.15, -0.1) is 0 Å². The maximum Gasteiger partial charge on any atom is 0.254 e. The second-order valence-corrected chi connectivity index (χ2v) is 6.04. The standard InChI is InChI=1S/C17H23NO3/c19-11-13-6-2-4-8-15(13)18-17(20)16-14-7-3-1-5-12(14)9-10-21-16/h1,3,5,7,13,15-16,19H,2,4,6,8-11H2,(H,18,20). The topological polar surface area (TPSA) is 58.6 Å². The van der Waals surface area contributed by atoms with Crippen LogP contribution in [0, 0.1) is 5.92 Å². The quantitative estimate of drug-likeness (QED) is 0.894. The van der Waals surface area contributed by atoms with Crippen LogP contribution in [-0.2, 0) is 16.0 Å². The fraction of sp³-hybridized carbons (Fsp3) is 0.588. The monoisotopic (exact) mass is 289 g/mol. The number of nitrogens with one attached hydrogen (secondary N) is 1. The van der Waals surface area contributed by atoms with E-state index in [0.717, 1.165) is 37.7 Å². The van der Waals surface area contributed by atoms with E-state index in [1.54, 1.807) is 0 Å². The molecule has 4 nitrogen and oxygen atoms in total. The summed E-state index contributed by atoms with van der Waals surface area (Å²) in [5.74, 6) is 0.119. The largest absolute Gasteiger partial charge is 0.396 e. The lowest BCUT2D eigenvalue weighted by atomic mass is 9.84. The first kappa shape index (κ1) is 14.5. The number of hydrogen-bond acceptors (Lipinski definition) is 3. The third-order valence-corrected chi connectivity index (χ3v) is 4.70. The summed E-state index contributed by atoms with van der Waals surface area (Å²) >= 11 is 0. The van der Waals surface area contributed by atoms with Gasteiger partial charge in [0.1, 0.15) is 0 Å². The van der Waals surface area contributed by atoms with Crippen LogP contribution in [0.15, 0.2) is 24.3 Å². The number of fused-ring (bicyclic) bond motifs is 1. The van der Waals surface area contributed by atoms with Crippen molar-refractivity contribution in [2.45, 2.75) is 44.2 Å². The zero-order chi connectivity index (χ0) is 14.7. The van der Waals surface area contributed by atoms with Gasteiger partial charge in [0, 0.05) is 18.6 Å². The normalized spacial score (nSPS) is 28.7. The molecule has 21 heavy (non-hydrogen) atoms. The van der Waals surface area contributed by atoms with Crippen molar-refractivity contribution in [3.05, 3.63) is 35.4 Å². The molecule has 0 spiro atoms. The van der Waals surface area contributed by atoms with Gasteiger partial charge in [0.05, 0.1) is 6.61 Å². The summed E-state index contributed by atoms with van der Waals surface area (Å²) in [6.07, 6.45) is 4.55. The van der Waals surface area contributed by atoms with Gasteiger partial charge in [-0.3, -0.25) is 4.79 Å². The Hall–Kier alpha value is -1.39. The number of aliphatic hydroxyl groups is 1. The number of ether oxygens (including phenoxy) is 1. The van der Waals surface area contributed by atoms with E-state index >= 15 is 0 Å². The Morgan fingerprint density at radius 3 is 2.95 bits per heavy atom. The van der Waals surface area contributed by atoms with Crippen LogP contribution in [0.1, 0.15) is 42.9 Å². The molecule has 1 fully saturated rings. The van der Waals surface area contributed by atoms with Gasteiger partial charge in [-0.2, -0.15) is 0 Å². The second-order valence-electron chi connectivity index (χ2n) is 6.04. The van der Waals surface area contributed by atoms with Crippen molar-refractivity contribution in [1.82, 2.24) is 5.32 Å². The van der Waals surface area contributed by atoms with Gasteiger partial charge in [-0.05, 0) is 30.4 Å². The van der Waals surface area contributed by atoms with Crippen molar-refractivity contribution < 1.29 is 14.6 Å². The van der Waals surface area contributed by atoms with Gasteiger partial charge in [0.15, 0.2) is 6.10 Å². The van der Waals surface area contributed by atoms with Crippen molar-refractivity contribution >= 4 is 5.91 Å². The average Bonchev–Trinajstić information content (AvgIpc) is 2.54. The van der Waals surface area contributed by atoms with E-state index in [0.29, 0.717) is 6.61 Å². The number of rotatable bonds is 3. The molecule has 3 rings (SSSR count). The SMILES string of the molecule is O=C(NC1CCCCC1CO)C1OCCc2ccccc21. The molecular weight excluding hydrogens is 266 g/mol. The molecule has 1 aromatic rings. The molecule has 1 saturated carbocycles. The minimum atomic E-state index is -0.504. The molecule has 0 aromatic heterocycles. The molecule has 3 atom stereocenters. The number of hydrogen-bond donors (Lipinski definition) is 2. The zero-order valence-electron chi connectivity index (χ0n) is 12.3. The fourth-order valence-electron chi connectivity index (χ4n) is 3.49. The van der Waals surface area contributed by atoms with Crippen LogP contribution in [0.3, 0.4) is 0 Å². The van der Waals surface area contributed by atoms with Gasteiger partial charge in [-0.1, -0.05) is 37.1 Å². The number of aliphatic hydroxyl groups excluding tert-OH is 1. The lowest BCUT2D eigenvalue weighted by molar-refractivity contribution is -0.135. The Morgan fingerprint density at radius 1 is 1.29 bits per heavy atom. The van der Waals surface area contributed by atoms with Crippen LogP contribution < -0.4 is 5.32 Å². The molecule has 1 aliphatic carbocycles. The minimum Gasteiger partial charge on any atom is -0.396 e. The predicted octanol–water partition coefficient (Wildman–Crippen LogP) is 1.97. The molecule has 1 heterocycles. The summed E-state index contributed by atoms with van der Waals surface area (Å²) in [4.78, 5) is 12.6. The van der Waals surface area contributed by atoms with Crippen LogP contribution in [-0.4, -0.2) is 30.3 Å². The van der Waals surface area contributed by atoms with E-state index in [1.807, 2.05) is 18.2 Å². The predicted molar refractivity (Wildman–Crippen MR) is 79.8 cm³/mol. The summed E-state index contributed by atoms with van der Waals surface area (Å²) in [7, 11) is 0. The Bertz CT molecular complexity index is 503. The van der Waals surface area contributed by atoms with E-state index < -0.39 is 6.10 Å². The van der Waals surface area contributed by atoms with Gasteiger partial charge in [-0.25, -0.2) is 0 Å². The Morgan fingerprint density at radius 2 is 2.10 bits per heavy atom. The zero-order valence-corrected chi connectivity index (χ0v) is 12.3. The second kappa shape index (κ2) is 6.58. The van der Waals surface area contributed by atoms with Gasteiger partial charge >= 0.3 is 0 Å². The van der Waals surface area contributed by atoms with Crippen LogP contribution in [0.2, 0.25) is 0 Å². The van der Waals surface area contributed by atoms with E-state index in [2.05, 4.69) is 11.4 Å². The van der Waals surface area contributed by atoms with E-state index in [9.17, 15) is 9.90 Å². The molecular formula is C17H23NO3. The first-order valence-corrected chi connectivity index (χ1v) is 7.90. The molecule has 1 aliphatic heterocycles. The summed E-state index contributed by atoms with van der Waals surface area (Å²) in [5.41, 5.74) is 2.18. The molecule has 0 saturated heterocycles. The Labute approximate surface area is 125 Å². The number of amides is 1. The first-order chi connectivity index (χ1) is 10.3. The highest BCUT2D eigenvalue weighted by Crippen LogP contribution is 2.29. The molecule has 2 aliphatic rings. The van der Waals surface area contributed by atoms with Crippen LogP contribution >= 0.6 is 0 Å². The lowest BCUT2D eigenvalue weighted by Gasteiger charge is -2.33. The molecule has 0 radical (unpaired) electrons. The van der Waals surface area contributed by atoms with E-state index in [1.165, 1.54) is 5.56 Å². The number of benzene rings is 1. The Kier molecular flexibility index (Phi) is 4.56. The van der Waals surface area contributed by atoms with E-state index in [4.69, 9.17) is 4.74 Å². The minimum absolute atomic E-state index is 0.0625. The summed E-state index contributed by atoms with van der Waals surface area (Å²) < 4.78 is 5.70. The van der Waals surface area contributed by atoms with Gasteiger partial charge < -0.3 is 15.2 Å². The van der Waals surface area contributed by atoms with E-state index in [-0.39, 0.29) is 24.5 Å². The highest BCUT2D eigenvalue weighted by Gasteiger charge is 2.31. The maximum atomic E-state index is 12.6. The van der Waals surface area contributed by atoms with Crippen molar-refractivity contribution in [1.29, 1.82) is 0 Å².